The zero-order chi connectivity index (χ0) is 66.2. The van der Waals surface area contributed by atoms with E-state index in [2.05, 4.69) is 315 Å². The van der Waals surface area contributed by atoms with Crippen molar-refractivity contribution in [1.82, 2.24) is 0 Å². The minimum Gasteiger partial charge on any atom is -0.373 e. The van der Waals surface area contributed by atoms with Crippen molar-refractivity contribution in [3.63, 3.8) is 0 Å². The van der Waals surface area contributed by atoms with Gasteiger partial charge in [-0.05, 0) is 177 Å². The van der Waals surface area contributed by atoms with Gasteiger partial charge in [0, 0.05) is 20.1 Å². The number of carbonyl (C=O) groups is 2. The van der Waals surface area contributed by atoms with Crippen LogP contribution in [0.2, 0.25) is 0 Å². The summed E-state index contributed by atoms with van der Waals surface area (Å²) in [7, 11) is 3.23. The van der Waals surface area contributed by atoms with Crippen LogP contribution in [0.15, 0.2) is 260 Å². The third-order valence-corrected chi connectivity index (χ3v) is 17.6. The van der Waals surface area contributed by atoms with E-state index in [-0.39, 0.29) is 40.0 Å². The first-order valence-electron chi connectivity index (χ1n) is 32.3. The molecular formula is C84H116O4. The first kappa shape index (κ1) is 75.8. The fourth-order valence-electron chi connectivity index (χ4n) is 13.0. The lowest BCUT2D eigenvalue weighted by molar-refractivity contribution is -0.128. The molecule has 4 aliphatic carbocycles. The van der Waals surface area contributed by atoms with Crippen molar-refractivity contribution in [2.75, 3.05) is 14.2 Å². The van der Waals surface area contributed by atoms with Crippen molar-refractivity contribution in [3.05, 3.63) is 260 Å². The Morgan fingerprint density at radius 1 is 0.420 bits per heavy atom. The molecule has 476 valence electrons. The molecule has 4 nitrogen and oxygen atoms in total. The molecule has 4 rings (SSSR count). The maximum Gasteiger partial charge on any atom is 0.187 e. The number of hydrogen-bond donors (Lipinski definition) is 0. The van der Waals surface area contributed by atoms with Crippen LogP contribution in [-0.2, 0) is 19.1 Å². The first-order valence-corrected chi connectivity index (χ1v) is 32.3. The van der Waals surface area contributed by atoms with Gasteiger partial charge in [-0.3, -0.25) is 9.59 Å². The topological polar surface area (TPSA) is 52.6 Å². The maximum absolute atomic E-state index is 12.6. The van der Waals surface area contributed by atoms with Crippen LogP contribution in [0.5, 0.6) is 0 Å². The van der Waals surface area contributed by atoms with Gasteiger partial charge in [-0.25, -0.2) is 0 Å². The summed E-state index contributed by atoms with van der Waals surface area (Å²) in [5, 5.41) is 0. The molecule has 0 saturated heterocycles. The molecule has 0 N–H and O–H groups in total. The van der Waals surface area contributed by atoms with Crippen LogP contribution in [0.3, 0.4) is 0 Å². The van der Waals surface area contributed by atoms with E-state index in [1.165, 1.54) is 69.4 Å². The summed E-state index contributed by atoms with van der Waals surface area (Å²) in [6, 6.07) is 0. The van der Waals surface area contributed by atoms with Crippen LogP contribution in [-0.4, -0.2) is 38.0 Å². The molecule has 88 heavy (non-hydrogen) atoms. The highest BCUT2D eigenvalue weighted by molar-refractivity contribution is 6.01. The number of ketones is 2. The lowest BCUT2D eigenvalue weighted by Crippen LogP contribution is -2.37. The van der Waals surface area contributed by atoms with Crippen molar-refractivity contribution in [3.8, 4) is 0 Å². The Morgan fingerprint density at radius 2 is 0.727 bits per heavy atom. The minimum atomic E-state index is -0.342. The predicted octanol–water partition coefficient (Wildman–Crippen LogP) is 23.2. The predicted molar refractivity (Wildman–Crippen MR) is 385 cm³/mol. The number of allylic oxidation sites excluding steroid dienone is 42. The lowest BCUT2D eigenvalue weighted by atomic mass is 9.66. The molecule has 5 atom stereocenters. The summed E-state index contributed by atoms with van der Waals surface area (Å²) in [4.78, 5) is 25.2. The molecule has 0 fully saturated rings. The van der Waals surface area contributed by atoms with Crippen molar-refractivity contribution in [2.24, 2.45) is 39.4 Å². The lowest BCUT2D eigenvalue weighted by Gasteiger charge is -2.39. The van der Waals surface area contributed by atoms with Crippen LogP contribution < -0.4 is 0 Å². The molecule has 0 aliphatic heterocycles. The van der Waals surface area contributed by atoms with Crippen molar-refractivity contribution < 1.29 is 19.1 Å². The van der Waals surface area contributed by atoms with Gasteiger partial charge in [-0.15, -0.1) is 0 Å². The molecule has 0 heterocycles. The van der Waals surface area contributed by atoms with Crippen LogP contribution in [0.1, 0.15) is 184 Å². The summed E-state index contributed by atoms with van der Waals surface area (Å²) < 4.78 is 10.8. The number of hydrogen-bond acceptors (Lipinski definition) is 4. The van der Waals surface area contributed by atoms with Crippen molar-refractivity contribution >= 4 is 11.6 Å². The highest BCUT2D eigenvalue weighted by Gasteiger charge is 2.39. The smallest absolute Gasteiger partial charge is 0.187 e. The number of carbonyl (C=O) groups excluding carboxylic acids is 2. The molecule has 0 aromatic carbocycles. The zero-order valence-corrected chi connectivity index (χ0v) is 59.3. The Balaban J connectivity index is 0.000000460. The summed E-state index contributed by atoms with van der Waals surface area (Å²) in [5.74, 6) is 2.12. The van der Waals surface area contributed by atoms with E-state index in [0.29, 0.717) is 30.1 Å². The van der Waals surface area contributed by atoms with Gasteiger partial charge in [0.15, 0.2) is 11.6 Å². The number of rotatable bonds is 22. The Labute approximate surface area is 537 Å². The Kier molecular flexibility index (Phi) is 30.7. The van der Waals surface area contributed by atoms with Gasteiger partial charge < -0.3 is 9.47 Å². The van der Waals surface area contributed by atoms with E-state index < -0.39 is 0 Å². The fourth-order valence-corrected chi connectivity index (χ4v) is 13.0. The summed E-state index contributed by atoms with van der Waals surface area (Å²) in [5.41, 5.74) is 18.2. The van der Waals surface area contributed by atoms with Gasteiger partial charge in [-0.2, -0.15) is 0 Å². The molecule has 0 aromatic heterocycles. The van der Waals surface area contributed by atoms with Crippen LogP contribution in [0.4, 0.5) is 0 Å². The van der Waals surface area contributed by atoms with Gasteiger partial charge in [-0.1, -0.05) is 301 Å². The second-order valence-corrected chi connectivity index (χ2v) is 28.4. The summed E-state index contributed by atoms with van der Waals surface area (Å²) >= 11 is 0. The largest absolute Gasteiger partial charge is 0.373 e. The monoisotopic (exact) mass is 1190 g/mol. The van der Waals surface area contributed by atoms with E-state index in [9.17, 15) is 9.59 Å². The Hall–Kier alpha value is -6.46. The standard InChI is InChI=1S/2C42H58O2/c2*1-30(19-15-21-32(3)23-25-37-35(6)27-34(5)28-41(37,8)9)17-13-14-18-31(2)20-16-22-33(4)24-26-38-36(7)40(43)39(44-12)29-42(38,10)11/h13-26,34,39H,27-29H2,1-12H3;13-27,34,37,39H,28-29H2,1-12H3/b2*14-13+,19-15+,20-16+,25-23+,26-24+,30-17+,31-18+,32-21+,33-22+/t34-,39+;34-,37+,39+/m11/s1. The van der Waals surface area contributed by atoms with Crippen molar-refractivity contribution in [2.45, 2.75) is 197 Å². The molecule has 0 radical (unpaired) electrons. The Bertz CT molecular complexity index is 3180. The number of Topliss-reactive ketones (excluding diaryl/α,β-unsaturated/α-hetero) is 2. The second-order valence-electron chi connectivity index (χ2n) is 28.4. The molecule has 4 aliphatic rings. The third-order valence-electron chi connectivity index (χ3n) is 17.6. The van der Waals surface area contributed by atoms with E-state index >= 15 is 0 Å². The highest BCUT2D eigenvalue weighted by atomic mass is 16.5. The van der Waals surface area contributed by atoms with E-state index in [0.717, 1.165) is 39.4 Å². The SMILES string of the molecule is CO[C@H]1CC(C)(C)C(/C=C/C(C)=C/C=C/C(C)=C/C=C/C=C(C)/C=C/C=C(C)/C=C/C2=C(C)C[C@@H](C)CC2(C)C)=C(C)C1=O.CO[C@H]1CC(C)(C)C(/C=C/C(C)=C/C=C/C(C)=C/C=C/C=C(C)/C=C/C=C(C)/C=C/[C@H]2C(C)=C[C@@H](C)CC2(C)C)=C(C)C1=O. The fraction of sp³-hybridized carbons (Fsp3) is 0.452. The van der Waals surface area contributed by atoms with Gasteiger partial charge in [0.1, 0.15) is 12.2 Å². The van der Waals surface area contributed by atoms with Crippen LogP contribution >= 0.6 is 0 Å². The van der Waals surface area contributed by atoms with Gasteiger partial charge >= 0.3 is 0 Å². The maximum atomic E-state index is 12.6. The molecule has 0 aromatic rings. The summed E-state index contributed by atoms with van der Waals surface area (Å²) in [6.45, 7) is 48.2. The minimum absolute atomic E-state index is 0.0967. The average Bonchev–Trinajstić information content (AvgIpc) is 1.77. The zero-order valence-electron chi connectivity index (χ0n) is 59.3. The van der Waals surface area contributed by atoms with Crippen LogP contribution in [0, 0.1) is 39.4 Å². The molecule has 0 amide bonds. The number of ether oxygens (including phenoxy) is 2. The van der Waals surface area contributed by atoms with Gasteiger partial charge in [0.05, 0.1) is 0 Å². The average molecular weight is 1190 g/mol. The first-order chi connectivity index (χ1) is 41.1. The Morgan fingerprint density at radius 3 is 1.06 bits per heavy atom. The van der Waals surface area contributed by atoms with E-state index in [1.807, 2.05) is 13.8 Å². The summed E-state index contributed by atoms with van der Waals surface area (Å²) in [6.07, 6.45) is 66.7. The van der Waals surface area contributed by atoms with Gasteiger partial charge in [0.25, 0.3) is 0 Å². The quantitative estimate of drug-likeness (QED) is 0.0801. The molecule has 4 heteroatoms. The molecular weight excluding hydrogens is 1070 g/mol. The van der Waals surface area contributed by atoms with Crippen molar-refractivity contribution in [1.29, 1.82) is 0 Å². The highest BCUT2D eigenvalue weighted by Crippen LogP contribution is 2.46. The van der Waals surface area contributed by atoms with Gasteiger partial charge in [0.2, 0.25) is 0 Å². The third kappa shape index (κ3) is 25.2. The second kappa shape index (κ2) is 35.7. The number of methoxy groups -OCH3 is 2. The molecule has 0 saturated carbocycles. The molecule has 0 bridgehead atoms. The van der Waals surface area contributed by atoms with Crippen LogP contribution in [0.25, 0.3) is 0 Å². The molecule has 0 unspecified atom stereocenters. The van der Waals surface area contributed by atoms with E-state index in [1.54, 1.807) is 14.2 Å². The van der Waals surface area contributed by atoms with E-state index in [4.69, 9.17) is 9.47 Å². The molecule has 0 spiro atoms. The normalized spacial score (nSPS) is 25.2.